The summed E-state index contributed by atoms with van der Waals surface area (Å²) >= 11 is 0. The summed E-state index contributed by atoms with van der Waals surface area (Å²) in [7, 11) is -0.686. The zero-order chi connectivity index (χ0) is 25.4. The molecule has 2 heterocycles. The fourth-order valence-electron chi connectivity index (χ4n) is 4.02. The molecule has 0 radical (unpaired) electrons. The van der Waals surface area contributed by atoms with Crippen molar-refractivity contribution in [1.29, 1.82) is 0 Å². The summed E-state index contributed by atoms with van der Waals surface area (Å²) in [5.41, 5.74) is 1.21. The predicted molar refractivity (Wildman–Crippen MR) is 131 cm³/mol. The number of methoxy groups -OCH3 is 2. The molecule has 0 spiro atoms. The second-order valence-electron chi connectivity index (χ2n) is 8.91. The molecule has 2 aromatic rings. The first kappa shape index (κ1) is 27.0. The van der Waals surface area contributed by atoms with Gasteiger partial charge in [-0.05, 0) is 44.4 Å². The molecule has 1 aliphatic rings. The van der Waals surface area contributed by atoms with Crippen LogP contribution >= 0.6 is 0 Å². The molecular formula is C24H36N4O6S. The van der Waals surface area contributed by atoms with E-state index in [1.54, 1.807) is 40.8 Å². The molecule has 0 unspecified atom stereocenters. The molecule has 1 aromatic carbocycles. The van der Waals surface area contributed by atoms with Crippen molar-refractivity contribution in [2.75, 3.05) is 34.0 Å². The number of sulfone groups is 1. The van der Waals surface area contributed by atoms with E-state index in [0.717, 1.165) is 12.8 Å². The predicted octanol–water partition coefficient (Wildman–Crippen LogP) is 2.61. The number of rotatable bonds is 12. The van der Waals surface area contributed by atoms with Crippen molar-refractivity contribution in [2.24, 2.45) is 0 Å². The number of benzene rings is 1. The third-order valence-corrected chi connectivity index (χ3v) is 7.29. The van der Waals surface area contributed by atoms with Crippen LogP contribution < -0.4 is 10.1 Å². The average molecular weight is 509 g/mol. The Labute approximate surface area is 207 Å². The van der Waals surface area contributed by atoms with Crippen LogP contribution in [0.4, 0.5) is 4.79 Å². The van der Waals surface area contributed by atoms with Crippen LogP contribution in [-0.4, -0.2) is 75.0 Å². The van der Waals surface area contributed by atoms with Crippen LogP contribution in [0.2, 0.25) is 0 Å². The van der Waals surface area contributed by atoms with Crippen LogP contribution in [-0.2, 0) is 38.2 Å². The van der Waals surface area contributed by atoms with Gasteiger partial charge in [-0.25, -0.2) is 18.2 Å². The summed E-state index contributed by atoms with van der Waals surface area (Å²) in [6, 6.07) is 6.69. The van der Waals surface area contributed by atoms with Crippen LogP contribution in [0.25, 0.3) is 0 Å². The molecule has 0 bridgehead atoms. The van der Waals surface area contributed by atoms with Crippen molar-refractivity contribution in [1.82, 2.24) is 19.8 Å². The van der Waals surface area contributed by atoms with Gasteiger partial charge in [0.2, 0.25) is 15.0 Å². The number of carbonyl (C=O) groups excluding carboxylic acids is 1. The first-order valence-electron chi connectivity index (χ1n) is 11.8. The van der Waals surface area contributed by atoms with Gasteiger partial charge in [-0.2, -0.15) is 0 Å². The molecule has 11 heteroatoms. The van der Waals surface area contributed by atoms with E-state index in [0.29, 0.717) is 36.8 Å². The Kier molecular flexibility index (Phi) is 9.53. The largest absolute Gasteiger partial charge is 0.497 e. The van der Waals surface area contributed by atoms with Crippen molar-refractivity contribution < 1.29 is 27.4 Å². The lowest BCUT2D eigenvalue weighted by Crippen LogP contribution is -2.45. The molecule has 10 nitrogen and oxygen atoms in total. The second kappa shape index (κ2) is 12.4. The van der Waals surface area contributed by atoms with Crippen LogP contribution in [0.1, 0.15) is 37.9 Å². The van der Waals surface area contributed by atoms with Crippen LogP contribution in [0.15, 0.2) is 35.6 Å². The maximum Gasteiger partial charge on any atom is 0.318 e. The molecule has 194 valence electrons. The quantitative estimate of drug-likeness (QED) is 0.469. The molecule has 0 saturated carbocycles. The van der Waals surface area contributed by atoms with E-state index in [9.17, 15) is 13.2 Å². The number of urea groups is 1. The third-order valence-electron chi connectivity index (χ3n) is 5.69. The summed E-state index contributed by atoms with van der Waals surface area (Å²) in [6.45, 7) is 5.68. The Morgan fingerprint density at radius 1 is 1.34 bits per heavy atom. The van der Waals surface area contributed by atoms with Gasteiger partial charge in [0.1, 0.15) is 5.75 Å². The topological polar surface area (TPSA) is 112 Å². The lowest BCUT2D eigenvalue weighted by atomic mass is 10.2. The van der Waals surface area contributed by atoms with Crippen molar-refractivity contribution in [3.8, 4) is 5.75 Å². The van der Waals surface area contributed by atoms with Gasteiger partial charge in [0.25, 0.3) is 0 Å². The Hall–Kier alpha value is -2.63. The summed E-state index contributed by atoms with van der Waals surface area (Å²) in [4.78, 5) is 18.9. The maximum absolute atomic E-state index is 13.4. The Morgan fingerprint density at radius 3 is 2.80 bits per heavy atom. The summed E-state index contributed by atoms with van der Waals surface area (Å²) < 4.78 is 44.5. The van der Waals surface area contributed by atoms with Crippen LogP contribution in [0.3, 0.4) is 0 Å². The first-order chi connectivity index (χ1) is 16.7. The maximum atomic E-state index is 13.4. The molecular weight excluding hydrogens is 472 g/mol. The zero-order valence-electron chi connectivity index (χ0n) is 20.9. The summed E-state index contributed by atoms with van der Waals surface area (Å²) in [6.07, 6.45) is 3.33. The molecule has 3 rings (SSSR count). The van der Waals surface area contributed by atoms with Gasteiger partial charge in [-0.3, -0.25) is 0 Å². The Balaban J connectivity index is 1.89. The van der Waals surface area contributed by atoms with Gasteiger partial charge in [-0.1, -0.05) is 12.1 Å². The minimum Gasteiger partial charge on any atom is -0.497 e. The highest BCUT2D eigenvalue weighted by Crippen LogP contribution is 2.22. The van der Waals surface area contributed by atoms with E-state index in [2.05, 4.69) is 10.3 Å². The van der Waals surface area contributed by atoms with E-state index in [-0.39, 0.29) is 42.2 Å². The van der Waals surface area contributed by atoms with E-state index in [4.69, 9.17) is 14.2 Å². The highest BCUT2D eigenvalue weighted by atomic mass is 32.2. The monoisotopic (exact) mass is 508 g/mol. The summed E-state index contributed by atoms with van der Waals surface area (Å²) in [5, 5.41) is 2.88. The lowest BCUT2D eigenvalue weighted by Gasteiger charge is -2.27. The van der Waals surface area contributed by atoms with Gasteiger partial charge >= 0.3 is 6.03 Å². The number of imidazole rings is 1. The normalized spacial score (nSPS) is 16.0. The fourth-order valence-corrected chi connectivity index (χ4v) is 5.53. The van der Waals surface area contributed by atoms with E-state index >= 15 is 0 Å². The van der Waals surface area contributed by atoms with Crippen LogP contribution in [0, 0.1) is 0 Å². The minimum atomic E-state index is -3.78. The Morgan fingerprint density at radius 2 is 2.14 bits per heavy atom. The number of hydrogen-bond acceptors (Lipinski definition) is 7. The van der Waals surface area contributed by atoms with Crippen molar-refractivity contribution in [3.63, 3.8) is 0 Å². The standard InChI is InChI=1S/C24H36N4O6S/c1-18(2)26-23(29)27(16-22-9-6-11-34-22)15-20-14-25-24(28(20)10-12-32-3)35(30,31)17-19-7-5-8-21(13-19)33-4/h5,7-8,13-14,18,22H,6,9-12,15-17H2,1-4H3,(H,26,29)/t22-/m1/s1. The van der Waals surface area contributed by atoms with Crippen molar-refractivity contribution >= 4 is 15.9 Å². The molecule has 1 atom stereocenters. The highest BCUT2D eigenvalue weighted by Gasteiger charge is 2.28. The number of carbonyl (C=O) groups is 1. The average Bonchev–Trinajstić information content (AvgIpc) is 3.47. The molecule has 35 heavy (non-hydrogen) atoms. The number of amides is 2. The summed E-state index contributed by atoms with van der Waals surface area (Å²) in [5.74, 6) is 0.364. The van der Waals surface area contributed by atoms with Crippen LogP contribution in [0.5, 0.6) is 5.75 Å². The lowest BCUT2D eigenvalue weighted by molar-refractivity contribution is 0.0782. The van der Waals surface area contributed by atoms with E-state index < -0.39 is 9.84 Å². The zero-order valence-corrected chi connectivity index (χ0v) is 21.7. The molecule has 2 amide bonds. The van der Waals surface area contributed by atoms with Crippen molar-refractivity contribution in [2.45, 2.75) is 62.8 Å². The van der Waals surface area contributed by atoms with E-state index in [1.165, 1.54) is 13.3 Å². The highest BCUT2D eigenvalue weighted by molar-refractivity contribution is 7.90. The number of ether oxygens (including phenoxy) is 3. The number of nitrogens with one attached hydrogen (secondary N) is 1. The van der Waals surface area contributed by atoms with Gasteiger partial charge in [0, 0.05) is 32.8 Å². The third kappa shape index (κ3) is 7.42. The number of nitrogens with zero attached hydrogens (tertiary/aromatic N) is 3. The minimum absolute atomic E-state index is 0.0355. The first-order valence-corrected chi connectivity index (χ1v) is 13.4. The van der Waals surface area contributed by atoms with Gasteiger partial charge in [0.05, 0.1) is 44.0 Å². The smallest absolute Gasteiger partial charge is 0.318 e. The second-order valence-corrected chi connectivity index (χ2v) is 10.8. The molecule has 1 N–H and O–H groups in total. The molecule has 0 aliphatic carbocycles. The molecule has 1 aliphatic heterocycles. The Bertz CT molecular complexity index is 1080. The fraction of sp³-hybridized carbons (Fsp3) is 0.583. The molecule has 1 aromatic heterocycles. The van der Waals surface area contributed by atoms with Crippen molar-refractivity contribution in [3.05, 3.63) is 41.7 Å². The molecule has 1 saturated heterocycles. The van der Waals surface area contributed by atoms with Gasteiger partial charge < -0.3 is 29.0 Å². The number of hydrogen-bond donors (Lipinski definition) is 1. The number of aromatic nitrogens is 2. The van der Waals surface area contributed by atoms with E-state index in [1.807, 2.05) is 13.8 Å². The van der Waals surface area contributed by atoms with Gasteiger partial charge in [0.15, 0.2) is 0 Å². The molecule has 1 fully saturated rings. The van der Waals surface area contributed by atoms with Gasteiger partial charge in [-0.15, -0.1) is 0 Å². The SMILES string of the molecule is COCCn1c(CN(C[C@H]2CCCO2)C(=O)NC(C)C)cnc1S(=O)(=O)Cc1cccc(OC)c1.